The molecule has 1 N–H and O–H groups in total. The van der Waals surface area contributed by atoms with Gasteiger partial charge in [0.15, 0.2) is 0 Å². The maximum atomic E-state index is 13.5. The lowest BCUT2D eigenvalue weighted by Crippen LogP contribution is -2.31. The third-order valence-electron chi connectivity index (χ3n) is 1.94. The van der Waals surface area contributed by atoms with Gasteiger partial charge in [0.25, 0.3) is 5.69 Å². The Labute approximate surface area is 102 Å². The minimum atomic E-state index is -4.21. The molecule has 0 aliphatic heterocycles. The molecule has 0 heterocycles. The van der Waals surface area contributed by atoms with E-state index in [9.17, 15) is 22.9 Å². The van der Waals surface area contributed by atoms with Gasteiger partial charge in [-0.2, -0.15) is 9.98 Å². The van der Waals surface area contributed by atoms with Gasteiger partial charge in [-0.05, 0) is 13.0 Å². The first-order valence-electron chi connectivity index (χ1n) is 4.64. The van der Waals surface area contributed by atoms with Crippen LogP contribution in [0.25, 0.3) is 0 Å². The van der Waals surface area contributed by atoms with Gasteiger partial charge in [-0.25, -0.2) is 12.8 Å². The van der Waals surface area contributed by atoms with Crippen molar-refractivity contribution < 1.29 is 17.7 Å². The number of halogens is 1. The molecule has 1 aromatic rings. The van der Waals surface area contributed by atoms with Gasteiger partial charge in [0.2, 0.25) is 10.0 Å². The van der Waals surface area contributed by atoms with Crippen molar-refractivity contribution in [1.29, 1.82) is 5.26 Å². The fraction of sp³-hybridized carbons (Fsp3) is 0.222. The van der Waals surface area contributed by atoms with Crippen LogP contribution < -0.4 is 4.72 Å². The number of hydrogen-bond donors (Lipinski definition) is 1. The number of nitriles is 1. The fourth-order valence-corrected chi connectivity index (χ4v) is 2.35. The normalized spacial score (nSPS) is 12.7. The minimum absolute atomic E-state index is 0.506. The Morgan fingerprint density at radius 1 is 1.56 bits per heavy atom. The van der Waals surface area contributed by atoms with Crippen LogP contribution in [0.5, 0.6) is 0 Å². The first kappa shape index (κ1) is 14.0. The molecule has 0 saturated heterocycles. The van der Waals surface area contributed by atoms with Gasteiger partial charge in [0.05, 0.1) is 17.1 Å². The lowest BCUT2D eigenvalue weighted by molar-refractivity contribution is -0.385. The third-order valence-corrected chi connectivity index (χ3v) is 3.52. The third kappa shape index (κ3) is 2.99. The predicted molar refractivity (Wildman–Crippen MR) is 58.5 cm³/mol. The first-order chi connectivity index (χ1) is 8.27. The predicted octanol–water partition coefficient (Wildman–Crippen LogP) is 0.924. The Bertz CT molecular complexity index is 623. The summed E-state index contributed by atoms with van der Waals surface area (Å²) >= 11 is 0. The Kier molecular flexibility index (Phi) is 3.95. The Hall–Kier alpha value is -2.05. The summed E-state index contributed by atoms with van der Waals surface area (Å²) in [6.07, 6.45) is 0. The zero-order valence-corrected chi connectivity index (χ0v) is 9.94. The Morgan fingerprint density at radius 2 is 2.17 bits per heavy atom. The molecule has 1 atom stereocenters. The molecule has 0 spiro atoms. The molecule has 0 saturated carbocycles. The van der Waals surface area contributed by atoms with Crippen LogP contribution in [0, 0.1) is 27.3 Å². The summed E-state index contributed by atoms with van der Waals surface area (Å²) in [5.41, 5.74) is -0.556. The molecule has 0 radical (unpaired) electrons. The maximum absolute atomic E-state index is 13.5. The molecular weight excluding hydrogens is 265 g/mol. The van der Waals surface area contributed by atoms with Gasteiger partial charge in [-0.15, -0.1) is 0 Å². The quantitative estimate of drug-likeness (QED) is 0.647. The summed E-state index contributed by atoms with van der Waals surface area (Å²) in [5.74, 6) is -1.25. The topological polar surface area (TPSA) is 113 Å². The zero-order chi connectivity index (χ0) is 13.9. The molecule has 18 heavy (non-hydrogen) atoms. The molecule has 0 aromatic heterocycles. The zero-order valence-electron chi connectivity index (χ0n) is 9.12. The van der Waals surface area contributed by atoms with E-state index in [1.807, 2.05) is 4.72 Å². The van der Waals surface area contributed by atoms with E-state index in [0.29, 0.717) is 6.07 Å². The molecule has 0 aliphatic rings. The van der Waals surface area contributed by atoms with Crippen LogP contribution in [-0.4, -0.2) is 19.4 Å². The first-order valence-corrected chi connectivity index (χ1v) is 6.12. The number of nitrogens with one attached hydrogen (secondary N) is 1. The van der Waals surface area contributed by atoms with Crippen molar-refractivity contribution in [2.75, 3.05) is 0 Å². The Morgan fingerprint density at radius 3 is 2.61 bits per heavy atom. The second-order valence-electron chi connectivity index (χ2n) is 3.34. The van der Waals surface area contributed by atoms with Crippen molar-refractivity contribution in [1.82, 2.24) is 4.72 Å². The van der Waals surface area contributed by atoms with Gasteiger partial charge in [0, 0.05) is 6.07 Å². The molecular formula is C9H8FN3O4S. The number of non-ortho nitro benzene ring substituents is 1. The summed E-state index contributed by atoms with van der Waals surface area (Å²) in [6, 6.07) is 2.73. The van der Waals surface area contributed by atoms with Gasteiger partial charge < -0.3 is 0 Å². The van der Waals surface area contributed by atoms with Gasteiger partial charge >= 0.3 is 0 Å². The summed E-state index contributed by atoms with van der Waals surface area (Å²) < 4.78 is 38.6. The molecule has 96 valence electrons. The van der Waals surface area contributed by atoms with Crippen molar-refractivity contribution >= 4 is 15.7 Å². The van der Waals surface area contributed by atoms with Crippen molar-refractivity contribution in [3.63, 3.8) is 0 Å². The average molecular weight is 273 g/mol. The van der Waals surface area contributed by atoms with E-state index in [1.165, 1.54) is 6.92 Å². The van der Waals surface area contributed by atoms with Crippen LogP contribution in [0.3, 0.4) is 0 Å². The van der Waals surface area contributed by atoms with Crippen LogP contribution in [0.2, 0.25) is 0 Å². The fourth-order valence-electron chi connectivity index (χ4n) is 1.14. The lowest BCUT2D eigenvalue weighted by atomic mass is 10.3. The molecule has 0 aliphatic carbocycles. The van der Waals surface area contributed by atoms with Crippen LogP contribution in [-0.2, 0) is 10.0 Å². The SMILES string of the molecule is CC(C#N)NS(=O)(=O)c1ccc([N+](=O)[O-])cc1F. The monoisotopic (exact) mass is 273 g/mol. The van der Waals surface area contributed by atoms with Crippen LogP contribution in [0.15, 0.2) is 23.1 Å². The lowest BCUT2D eigenvalue weighted by Gasteiger charge is -2.08. The standard InChI is InChI=1S/C9H8FN3O4S/c1-6(5-11)12-18(16,17)9-3-2-7(13(14)15)4-8(9)10/h2-4,6,12H,1H3. The highest BCUT2D eigenvalue weighted by Gasteiger charge is 2.23. The molecule has 1 rings (SSSR count). The number of nitrogens with zero attached hydrogens (tertiary/aromatic N) is 2. The van der Waals surface area contributed by atoms with Crippen LogP contribution >= 0.6 is 0 Å². The van der Waals surface area contributed by atoms with Crippen molar-refractivity contribution in [2.45, 2.75) is 17.9 Å². The van der Waals surface area contributed by atoms with E-state index in [2.05, 4.69) is 0 Å². The number of rotatable bonds is 4. The number of sulfonamides is 1. The molecule has 7 nitrogen and oxygen atoms in total. The minimum Gasteiger partial charge on any atom is -0.258 e. The van der Waals surface area contributed by atoms with Crippen molar-refractivity contribution in [2.24, 2.45) is 0 Å². The van der Waals surface area contributed by atoms with E-state index >= 15 is 0 Å². The molecule has 1 aromatic carbocycles. The molecule has 0 fully saturated rings. The highest BCUT2D eigenvalue weighted by Crippen LogP contribution is 2.20. The van der Waals surface area contributed by atoms with Gasteiger partial charge in [-0.3, -0.25) is 10.1 Å². The molecule has 1 unspecified atom stereocenters. The van der Waals surface area contributed by atoms with Crippen LogP contribution in [0.1, 0.15) is 6.92 Å². The van der Waals surface area contributed by atoms with E-state index in [1.54, 1.807) is 6.07 Å². The average Bonchev–Trinajstić information content (AvgIpc) is 2.27. The molecule has 0 amide bonds. The summed E-state index contributed by atoms with van der Waals surface area (Å²) in [5, 5.41) is 18.8. The second-order valence-corrected chi connectivity index (χ2v) is 5.03. The Balaban J connectivity index is 3.19. The maximum Gasteiger partial charge on any atom is 0.272 e. The summed E-state index contributed by atoms with van der Waals surface area (Å²) in [7, 11) is -4.21. The molecule has 0 bridgehead atoms. The van der Waals surface area contributed by atoms with Crippen molar-refractivity contribution in [3.8, 4) is 6.07 Å². The highest BCUT2D eigenvalue weighted by atomic mass is 32.2. The highest BCUT2D eigenvalue weighted by molar-refractivity contribution is 7.89. The van der Waals surface area contributed by atoms with Crippen molar-refractivity contribution in [3.05, 3.63) is 34.1 Å². The van der Waals surface area contributed by atoms with E-state index in [4.69, 9.17) is 5.26 Å². The summed E-state index contributed by atoms with van der Waals surface area (Å²) in [6.45, 7) is 1.28. The number of nitro benzene ring substituents is 1. The van der Waals surface area contributed by atoms with E-state index in [0.717, 1.165) is 12.1 Å². The number of benzene rings is 1. The summed E-state index contributed by atoms with van der Waals surface area (Å²) in [4.78, 5) is 8.79. The molecule has 9 heteroatoms. The van der Waals surface area contributed by atoms with E-state index in [-0.39, 0.29) is 0 Å². The van der Waals surface area contributed by atoms with Gasteiger partial charge in [-0.1, -0.05) is 0 Å². The second kappa shape index (κ2) is 5.07. The number of hydrogen-bond acceptors (Lipinski definition) is 5. The number of nitro groups is 1. The van der Waals surface area contributed by atoms with Gasteiger partial charge in [0.1, 0.15) is 16.8 Å². The van der Waals surface area contributed by atoms with Crippen LogP contribution in [0.4, 0.5) is 10.1 Å². The largest absolute Gasteiger partial charge is 0.272 e. The van der Waals surface area contributed by atoms with E-state index < -0.39 is 37.4 Å². The smallest absolute Gasteiger partial charge is 0.258 e.